The molecule has 72 valence electrons. The molecule has 3 nitrogen and oxygen atoms in total. The van der Waals surface area contributed by atoms with E-state index in [9.17, 15) is 9.00 Å². The molecule has 0 saturated heterocycles. The lowest BCUT2D eigenvalue weighted by molar-refractivity contribution is 0.684. The second-order valence-electron chi connectivity index (χ2n) is 3.00. The SMILES string of the molecule is CS(=O)c1cc(=O)c2ccccc2[nH]1. The second kappa shape index (κ2) is 3.38. The van der Waals surface area contributed by atoms with E-state index < -0.39 is 10.8 Å². The third-order valence-corrected chi connectivity index (χ3v) is 2.86. The van der Waals surface area contributed by atoms with Crippen molar-refractivity contribution >= 4 is 21.7 Å². The van der Waals surface area contributed by atoms with Crippen molar-refractivity contribution < 1.29 is 4.21 Å². The van der Waals surface area contributed by atoms with Crippen LogP contribution in [0.5, 0.6) is 0 Å². The lowest BCUT2D eigenvalue weighted by Crippen LogP contribution is -2.05. The zero-order chi connectivity index (χ0) is 10.1. The molecule has 0 amide bonds. The molecule has 0 spiro atoms. The Morgan fingerprint density at radius 1 is 1.29 bits per heavy atom. The summed E-state index contributed by atoms with van der Waals surface area (Å²) in [7, 11) is -1.15. The van der Waals surface area contributed by atoms with Gasteiger partial charge in [0.1, 0.15) is 5.03 Å². The number of benzene rings is 1. The summed E-state index contributed by atoms with van der Waals surface area (Å²) in [5.41, 5.74) is 0.634. The molecule has 4 heteroatoms. The van der Waals surface area contributed by atoms with Crippen molar-refractivity contribution in [3.05, 3.63) is 40.6 Å². The first kappa shape index (κ1) is 9.15. The number of para-hydroxylation sites is 1. The smallest absolute Gasteiger partial charge is 0.190 e. The minimum absolute atomic E-state index is 0.0930. The van der Waals surface area contributed by atoms with Crippen molar-refractivity contribution in [2.75, 3.05) is 6.26 Å². The number of hydrogen-bond acceptors (Lipinski definition) is 2. The van der Waals surface area contributed by atoms with Gasteiger partial charge < -0.3 is 4.98 Å². The fourth-order valence-corrected chi connectivity index (χ4v) is 1.85. The van der Waals surface area contributed by atoms with Crippen LogP contribution in [0.2, 0.25) is 0 Å². The molecular formula is C10H9NO2S. The van der Waals surface area contributed by atoms with Crippen molar-refractivity contribution in [1.82, 2.24) is 4.98 Å². The van der Waals surface area contributed by atoms with Crippen molar-refractivity contribution in [2.45, 2.75) is 5.03 Å². The highest BCUT2D eigenvalue weighted by Gasteiger charge is 2.03. The molecule has 0 aliphatic rings. The number of aromatic nitrogens is 1. The van der Waals surface area contributed by atoms with Gasteiger partial charge >= 0.3 is 0 Å². The van der Waals surface area contributed by atoms with E-state index in [4.69, 9.17) is 0 Å². The molecule has 0 bridgehead atoms. The fourth-order valence-electron chi connectivity index (χ4n) is 1.33. The van der Waals surface area contributed by atoms with Crippen LogP contribution in [0.15, 0.2) is 40.2 Å². The van der Waals surface area contributed by atoms with Gasteiger partial charge in [-0.05, 0) is 12.1 Å². The number of nitrogens with one attached hydrogen (secondary N) is 1. The first-order valence-corrected chi connectivity index (χ1v) is 5.70. The second-order valence-corrected chi connectivity index (χ2v) is 4.35. The summed E-state index contributed by atoms with van der Waals surface area (Å²) in [5, 5.41) is 1.09. The van der Waals surface area contributed by atoms with Crippen molar-refractivity contribution in [3.63, 3.8) is 0 Å². The molecule has 0 aliphatic heterocycles. The molecule has 2 aromatic rings. The Bertz CT molecular complexity index is 559. The first-order valence-electron chi connectivity index (χ1n) is 4.14. The summed E-state index contributed by atoms with van der Waals surface area (Å²) in [6.07, 6.45) is 1.54. The third-order valence-electron chi connectivity index (χ3n) is 2.02. The highest BCUT2D eigenvalue weighted by Crippen LogP contribution is 2.08. The van der Waals surface area contributed by atoms with Gasteiger partial charge in [0.2, 0.25) is 0 Å². The van der Waals surface area contributed by atoms with E-state index in [1.807, 2.05) is 6.07 Å². The summed E-state index contributed by atoms with van der Waals surface area (Å²) < 4.78 is 11.2. The van der Waals surface area contributed by atoms with E-state index in [-0.39, 0.29) is 5.43 Å². The molecule has 1 N–H and O–H groups in total. The van der Waals surface area contributed by atoms with Crippen molar-refractivity contribution in [2.24, 2.45) is 0 Å². The maximum atomic E-state index is 11.5. The summed E-state index contributed by atoms with van der Waals surface area (Å²) in [4.78, 5) is 14.5. The monoisotopic (exact) mass is 207 g/mol. The largest absolute Gasteiger partial charge is 0.347 e. The van der Waals surface area contributed by atoms with Gasteiger partial charge in [-0.25, -0.2) is 0 Å². The van der Waals surface area contributed by atoms with Crippen LogP contribution in [-0.2, 0) is 10.8 Å². The molecule has 1 heterocycles. The van der Waals surface area contributed by atoms with Crippen LogP contribution in [0.25, 0.3) is 10.9 Å². The average molecular weight is 207 g/mol. The molecule has 0 radical (unpaired) electrons. The normalized spacial score (nSPS) is 12.9. The van der Waals surface area contributed by atoms with Gasteiger partial charge in [0.25, 0.3) is 0 Å². The average Bonchev–Trinajstić information content (AvgIpc) is 2.17. The number of rotatable bonds is 1. The van der Waals surface area contributed by atoms with Gasteiger partial charge in [-0.2, -0.15) is 0 Å². The molecule has 1 atom stereocenters. The maximum Gasteiger partial charge on any atom is 0.190 e. The van der Waals surface area contributed by atoms with E-state index in [1.165, 1.54) is 6.07 Å². The van der Waals surface area contributed by atoms with Crippen molar-refractivity contribution in [1.29, 1.82) is 0 Å². The molecule has 0 saturated carbocycles. The van der Waals surface area contributed by atoms with Crippen LogP contribution in [0.1, 0.15) is 0 Å². The van der Waals surface area contributed by atoms with Gasteiger partial charge in [-0.15, -0.1) is 0 Å². The van der Waals surface area contributed by atoms with Crippen molar-refractivity contribution in [3.8, 4) is 0 Å². The van der Waals surface area contributed by atoms with Crippen LogP contribution < -0.4 is 5.43 Å². The summed E-state index contributed by atoms with van der Waals surface area (Å²) >= 11 is 0. The number of H-pyrrole nitrogens is 1. The number of pyridine rings is 1. The van der Waals surface area contributed by atoms with E-state index in [1.54, 1.807) is 24.5 Å². The van der Waals surface area contributed by atoms with Gasteiger partial charge in [0.05, 0.1) is 16.3 Å². The molecule has 1 aromatic heterocycles. The molecular weight excluding hydrogens is 198 g/mol. The standard InChI is InChI=1S/C10H9NO2S/c1-14(13)10-6-9(12)7-4-2-3-5-8(7)11-10/h2-6H,1H3,(H,11,12). The van der Waals surface area contributed by atoms with E-state index in [0.29, 0.717) is 10.4 Å². The minimum atomic E-state index is -1.15. The Morgan fingerprint density at radius 2 is 2.00 bits per heavy atom. The third kappa shape index (κ3) is 1.48. The van der Waals surface area contributed by atoms with Crippen LogP contribution >= 0.6 is 0 Å². The fraction of sp³-hybridized carbons (Fsp3) is 0.100. The van der Waals surface area contributed by atoms with Crippen LogP contribution in [0.3, 0.4) is 0 Å². The highest BCUT2D eigenvalue weighted by molar-refractivity contribution is 7.84. The quantitative estimate of drug-likeness (QED) is 0.765. The minimum Gasteiger partial charge on any atom is -0.347 e. The predicted octanol–water partition coefficient (Wildman–Crippen LogP) is 1.27. The zero-order valence-corrected chi connectivity index (χ0v) is 8.43. The van der Waals surface area contributed by atoms with Crippen LogP contribution in [0.4, 0.5) is 0 Å². The van der Waals surface area contributed by atoms with Crippen LogP contribution in [-0.4, -0.2) is 15.4 Å². The Kier molecular flexibility index (Phi) is 2.21. The Morgan fingerprint density at radius 3 is 2.71 bits per heavy atom. The van der Waals surface area contributed by atoms with Gasteiger partial charge in [-0.1, -0.05) is 12.1 Å². The van der Waals surface area contributed by atoms with Gasteiger partial charge in [0.15, 0.2) is 5.43 Å². The molecule has 14 heavy (non-hydrogen) atoms. The Labute approximate surface area is 83.2 Å². The molecule has 0 fully saturated rings. The van der Waals surface area contributed by atoms with E-state index >= 15 is 0 Å². The number of aromatic amines is 1. The Hall–Kier alpha value is -1.42. The van der Waals surface area contributed by atoms with Gasteiger partial charge in [0, 0.05) is 17.7 Å². The summed E-state index contributed by atoms with van der Waals surface area (Å²) in [6.45, 7) is 0. The van der Waals surface area contributed by atoms with Crippen LogP contribution in [0, 0.1) is 0 Å². The first-order chi connectivity index (χ1) is 6.68. The van der Waals surface area contributed by atoms with E-state index in [0.717, 1.165) is 5.52 Å². The topological polar surface area (TPSA) is 49.9 Å². The zero-order valence-electron chi connectivity index (χ0n) is 7.61. The number of fused-ring (bicyclic) bond motifs is 1. The molecule has 1 unspecified atom stereocenters. The van der Waals surface area contributed by atoms with Gasteiger partial charge in [-0.3, -0.25) is 9.00 Å². The summed E-state index contributed by atoms with van der Waals surface area (Å²) in [5.74, 6) is 0. The molecule has 1 aromatic carbocycles. The lowest BCUT2D eigenvalue weighted by Gasteiger charge is -2.00. The predicted molar refractivity (Wildman–Crippen MR) is 56.9 cm³/mol. The highest BCUT2D eigenvalue weighted by atomic mass is 32.2. The molecule has 2 rings (SSSR count). The maximum absolute atomic E-state index is 11.5. The lowest BCUT2D eigenvalue weighted by atomic mass is 10.2. The van der Waals surface area contributed by atoms with E-state index in [2.05, 4.69) is 4.98 Å². The number of hydrogen-bond donors (Lipinski definition) is 1. The summed E-state index contributed by atoms with van der Waals surface area (Å²) in [6, 6.07) is 8.57. The Balaban J connectivity index is 2.86. The molecule has 0 aliphatic carbocycles.